The second kappa shape index (κ2) is 9.19. The Bertz CT molecular complexity index is 382. The summed E-state index contributed by atoms with van der Waals surface area (Å²) < 4.78 is 0. The highest BCUT2D eigenvalue weighted by atomic mass is 16.3. The molecule has 0 amide bonds. The normalized spacial score (nSPS) is 21.9. The van der Waals surface area contributed by atoms with Crippen LogP contribution in [0.2, 0.25) is 0 Å². The first-order chi connectivity index (χ1) is 10.3. The molecule has 2 unspecified atom stereocenters. The van der Waals surface area contributed by atoms with Crippen molar-refractivity contribution in [3.05, 3.63) is 35.9 Å². The van der Waals surface area contributed by atoms with Crippen LogP contribution in [0.5, 0.6) is 0 Å². The van der Waals surface area contributed by atoms with Crippen molar-refractivity contribution in [2.45, 2.75) is 57.1 Å². The first-order valence-corrected chi connectivity index (χ1v) is 8.39. The van der Waals surface area contributed by atoms with Gasteiger partial charge in [-0.3, -0.25) is 0 Å². The zero-order valence-electron chi connectivity index (χ0n) is 13.0. The Labute approximate surface area is 128 Å². The molecule has 0 aliphatic carbocycles. The van der Waals surface area contributed by atoms with Crippen LogP contribution in [0.25, 0.3) is 0 Å². The molecule has 1 aromatic rings. The molecule has 0 saturated carbocycles. The van der Waals surface area contributed by atoms with E-state index in [9.17, 15) is 5.11 Å². The first kappa shape index (κ1) is 16.5. The maximum Gasteiger partial charge on any atom is 0.0805 e. The molecule has 1 aliphatic heterocycles. The molecule has 2 N–H and O–H groups in total. The summed E-state index contributed by atoms with van der Waals surface area (Å²) in [7, 11) is 0. The van der Waals surface area contributed by atoms with Crippen molar-refractivity contribution in [2.75, 3.05) is 19.7 Å². The van der Waals surface area contributed by atoms with Crippen molar-refractivity contribution in [2.24, 2.45) is 0 Å². The first-order valence-electron chi connectivity index (χ1n) is 8.39. The summed E-state index contributed by atoms with van der Waals surface area (Å²) in [4.78, 5) is 2.54. The van der Waals surface area contributed by atoms with Crippen LogP contribution >= 0.6 is 0 Å². The minimum absolute atomic E-state index is 0.283. The van der Waals surface area contributed by atoms with Gasteiger partial charge in [0, 0.05) is 12.6 Å². The number of hydrogen-bond acceptors (Lipinski definition) is 3. The summed E-state index contributed by atoms with van der Waals surface area (Å²) in [5.41, 5.74) is 1.03. The number of aliphatic hydroxyl groups excluding tert-OH is 2. The maximum atomic E-state index is 10.5. The predicted octanol–water partition coefficient (Wildman–Crippen LogP) is 3.13. The highest BCUT2D eigenvalue weighted by Crippen LogP contribution is 2.26. The fraction of sp³-hybridized carbons (Fsp3) is 0.667. The Balaban J connectivity index is 1.92. The van der Waals surface area contributed by atoms with Crippen molar-refractivity contribution in [1.29, 1.82) is 0 Å². The molecule has 0 bridgehead atoms. The number of hydrogen-bond donors (Lipinski definition) is 2. The van der Waals surface area contributed by atoms with Gasteiger partial charge in [0.05, 0.1) is 6.10 Å². The lowest BCUT2D eigenvalue weighted by Gasteiger charge is -2.31. The highest BCUT2D eigenvalue weighted by molar-refractivity contribution is 5.17. The van der Waals surface area contributed by atoms with E-state index >= 15 is 0 Å². The molecule has 1 heterocycles. The van der Waals surface area contributed by atoms with Gasteiger partial charge in [-0.15, -0.1) is 0 Å². The topological polar surface area (TPSA) is 43.7 Å². The van der Waals surface area contributed by atoms with Gasteiger partial charge in [0.2, 0.25) is 0 Å². The van der Waals surface area contributed by atoms with Crippen LogP contribution < -0.4 is 0 Å². The Morgan fingerprint density at radius 2 is 1.90 bits per heavy atom. The molecule has 3 nitrogen and oxygen atoms in total. The maximum absolute atomic E-state index is 10.5. The highest BCUT2D eigenvalue weighted by Gasteiger charge is 2.23. The van der Waals surface area contributed by atoms with Gasteiger partial charge in [-0.05, 0) is 50.8 Å². The molecule has 3 heteroatoms. The van der Waals surface area contributed by atoms with Gasteiger partial charge in [-0.25, -0.2) is 0 Å². The predicted molar refractivity (Wildman–Crippen MR) is 86.2 cm³/mol. The molecule has 0 radical (unpaired) electrons. The summed E-state index contributed by atoms with van der Waals surface area (Å²) in [5, 5.41) is 19.4. The van der Waals surface area contributed by atoms with Gasteiger partial charge in [-0.2, -0.15) is 0 Å². The Morgan fingerprint density at radius 1 is 1.10 bits per heavy atom. The summed E-state index contributed by atoms with van der Waals surface area (Å²) in [6.07, 6.45) is 7.40. The smallest absolute Gasteiger partial charge is 0.0805 e. The third kappa shape index (κ3) is 5.42. The number of benzene rings is 1. The average Bonchev–Trinajstić information content (AvgIpc) is 2.74. The quantitative estimate of drug-likeness (QED) is 0.759. The van der Waals surface area contributed by atoms with Crippen LogP contribution in [0, 0.1) is 0 Å². The second-order valence-corrected chi connectivity index (χ2v) is 6.13. The second-order valence-electron chi connectivity index (χ2n) is 6.13. The lowest BCUT2D eigenvalue weighted by Crippen LogP contribution is -2.36. The SMILES string of the molecule is OCCCCN1CCCCCC1CC(O)c1ccccc1. The zero-order chi connectivity index (χ0) is 14.9. The van der Waals surface area contributed by atoms with E-state index in [1.807, 2.05) is 30.3 Å². The van der Waals surface area contributed by atoms with Crippen LogP contribution in [0.15, 0.2) is 30.3 Å². The number of rotatable bonds is 7. The molecular weight excluding hydrogens is 262 g/mol. The molecule has 118 valence electrons. The average molecular weight is 291 g/mol. The van der Waals surface area contributed by atoms with Crippen molar-refractivity contribution >= 4 is 0 Å². The summed E-state index contributed by atoms with van der Waals surface area (Å²) in [6, 6.07) is 10.5. The number of likely N-dealkylation sites (tertiary alicyclic amines) is 1. The summed E-state index contributed by atoms with van der Waals surface area (Å²) >= 11 is 0. The van der Waals surface area contributed by atoms with Crippen LogP contribution in [-0.2, 0) is 0 Å². The largest absolute Gasteiger partial charge is 0.396 e. The van der Waals surface area contributed by atoms with Crippen molar-refractivity contribution < 1.29 is 10.2 Å². The van der Waals surface area contributed by atoms with Gasteiger partial charge in [0.1, 0.15) is 0 Å². The van der Waals surface area contributed by atoms with Gasteiger partial charge in [0.15, 0.2) is 0 Å². The lowest BCUT2D eigenvalue weighted by atomic mass is 9.98. The third-order valence-electron chi connectivity index (χ3n) is 4.53. The molecule has 2 atom stereocenters. The van der Waals surface area contributed by atoms with E-state index < -0.39 is 0 Å². The van der Waals surface area contributed by atoms with Crippen LogP contribution in [0.1, 0.15) is 56.6 Å². The van der Waals surface area contributed by atoms with Crippen LogP contribution in [-0.4, -0.2) is 40.9 Å². The fourth-order valence-corrected chi connectivity index (χ4v) is 3.29. The van der Waals surface area contributed by atoms with Crippen molar-refractivity contribution in [1.82, 2.24) is 4.90 Å². The Hall–Kier alpha value is -0.900. The van der Waals surface area contributed by atoms with Gasteiger partial charge >= 0.3 is 0 Å². The van der Waals surface area contributed by atoms with Crippen molar-refractivity contribution in [3.8, 4) is 0 Å². The van der Waals surface area contributed by atoms with E-state index in [2.05, 4.69) is 4.90 Å². The number of unbranched alkanes of at least 4 members (excludes halogenated alkanes) is 1. The van der Waals surface area contributed by atoms with Gasteiger partial charge in [0.25, 0.3) is 0 Å². The third-order valence-corrected chi connectivity index (χ3v) is 4.53. The zero-order valence-corrected chi connectivity index (χ0v) is 13.0. The van der Waals surface area contributed by atoms with Crippen LogP contribution in [0.4, 0.5) is 0 Å². The fourth-order valence-electron chi connectivity index (χ4n) is 3.29. The standard InChI is InChI=1S/C18H29NO2/c20-14-8-7-13-19-12-6-2-5-11-17(19)15-18(21)16-9-3-1-4-10-16/h1,3-4,9-10,17-18,20-21H,2,5-8,11-15H2. The minimum Gasteiger partial charge on any atom is -0.396 e. The molecule has 1 aromatic carbocycles. The monoisotopic (exact) mass is 291 g/mol. The molecule has 1 aliphatic rings. The van der Waals surface area contributed by atoms with Gasteiger partial charge in [-0.1, -0.05) is 43.2 Å². The van der Waals surface area contributed by atoms with E-state index in [0.29, 0.717) is 6.04 Å². The van der Waals surface area contributed by atoms with E-state index in [4.69, 9.17) is 5.11 Å². The molecule has 1 fully saturated rings. The number of nitrogens with zero attached hydrogens (tertiary/aromatic N) is 1. The molecule has 2 rings (SSSR count). The van der Waals surface area contributed by atoms with E-state index in [1.165, 1.54) is 25.7 Å². The molecule has 0 aromatic heterocycles. The minimum atomic E-state index is -0.366. The van der Waals surface area contributed by atoms with E-state index in [-0.39, 0.29) is 12.7 Å². The summed E-state index contributed by atoms with van der Waals surface area (Å²) in [6.45, 7) is 2.47. The number of aliphatic hydroxyl groups is 2. The Kier molecular flexibility index (Phi) is 7.20. The lowest BCUT2D eigenvalue weighted by molar-refractivity contribution is 0.0992. The molecular formula is C18H29NO2. The van der Waals surface area contributed by atoms with Gasteiger partial charge < -0.3 is 15.1 Å². The molecule has 1 saturated heterocycles. The van der Waals surface area contributed by atoms with Crippen molar-refractivity contribution in [3.63, 3.8) is 0 Å². The van der Waals surface area contributed by atoms with E-state index in [0.717, 1.165) is 37.9 Å². The van der Waals surface area contributed by atoms with Crippen LogP contribution in [0.3, 0.4) is 0 Å². The molecule has 21 heavy (non-hydrogen) atoms. The Morgan fingerprint density at radius 3 is 2.67 bits per heavy atom. The van der Waals surface area contributed by atoms with E-state index in [1.54, 1.807) is 0 Å². The molecule has 0 spiro atoms. The summed E-state index contributed by atoms with van der Waals surface area (Å²) in [5.74, 6) is 0.